The fraction of sp³-hybridized carbons (Fsp3) is 0.200. The number of ether oxygens (including phenoxy) is 3. The molecule has 2 aromatic carbocycles. The molecule has 0 bridgehead atoms. The summed E-state index contributed by atoms with van der Waals surface area (Å²) in [6.45, 7) is 0. The number of benzene rings is 2. The number of aromatic nitrogens is 1. The lowest BCUT2D eigenvalue weighted by atomic mass is 10.1. The lowest BCUT2D eigenvalue weighted by Gasteiger charge is -2.13. The highest BCUT2D eigenvalue weighted by Crippen LogP contribution is 2.38. The fourth-order valence-corrected chi connectivity index (χ4v) is 2.91. The van der Waals surface area contributed by atoms with Crippen LogP contribution in [0.15, 0.2) is 47.7 Å². The molecule has 1 N–H and O–H groups in total. The Balaban J connectivity index is 1.82. The Morgan fingerprint density at radius 1 is 1.07 bits per heavy atom. The van der Waals surface area contributed by atoms with Gasteiger partial charge in [0.2, 0.25) is 5.75 Å². The number of nitrogens with one attached hydrogen (secondary N) is 1. The lowest BCUT2D eigenvalue weighted by molar-refractivity contribution is 0.0954. The standard InChI is InChI=1S/C20H21N3O4/c1-23-12-14(15-7-5-6-8-16(15)23)11-21-22-20(24)13-9-17(25-2)19(27-4)18(10-13)26-3/h5-12H,1-4H3,(H,22,24). The molecule has 1 aromatic heterocycles. The number of aryl methyl sites for hydroxylation is 1. The Morgan fingerprint density at radius 2 is 1.74 bits per heavy atom. The highest BCUT2D eigenvalue weighted by molar-refractivity contribution is 6.00. The molecule has 0 fully saturated rings. The van der Waals surface area contributed by atoms with Gasteiger partial charge in [-0.15, -0.1) is 0 Å². The summed E-state index contributed by atoms with van der Waals surface area (Å²) in [6, 6.07) is 11.1. The highest BCUT2D eigenvalue weighted by Gasteiger charge is 2.16. The first kappa shape index (κ1) is 18.3. The second-order valence-electron chi connectivity index (χ2n) is 5.83. The van der Waals surface area contributed by atoms with Gasteiger partial charge in [0.05, 0.1) is 27.5 Å². The van der Waals surface area contributed by atoms with E-state index in [2.05, 4.69) is 10.5 Å². The third-order valence-electron chi connectivity index (χ3n) is 4.22. The van der Waals surface area contributed by atoms with Gasteiger partial charge in [-0.2, -0.15) is 5.10 Å². The van der Waals surface area contributed by atoms with Crippen molar-refractivity contribution in [3.8, 4) is 17.2 Å². The summed E-state index contributed by atoms with van der Waals surface area (Å²) in [5.74, 6) is 0.849. The maximum absolute atomic E-state index is 12.5. The third kappa shape index (κ3) is 3.57. The molecule has 0 aliphatic rings. The van der Waals surface area contributed by atoms with E-state index in [1.807, 2.05) is 42.1 Å². The van der Waals surface area contributed by atoms with Crippen molar-refractivity contribution in [2.45, 2.75) is 0 Å². The molecular formula is C20H21N3O4. The Morgan fingerprint density at radius 3 is 2.37 bits per heavy atom. The second kappa shape index (κ2) is 7.82. The van der Waals surface area contributed by atoms with Crippen molar-refractivity contribution in [3.63, 3.8) is 0 Å². The van der Waals surface area contributed by atoms with Gasteiger partial charge >= 0.3 is 0 Å². The molecule has 27 heavy (non-hydrogen) atoms. The van der Waals surface area contributed by atoms with Crippen LogP contribution in [0.3, 0.4) is 0 Å². The van der Waals surface area contributed by atoms with E-state index in [1.54, 1.807) is 18.3 Å². The van der Waals surface area contributed by atoms with E-state index >= 15 is 0 Å². The number of rotatable bonds is 6. The van der Waals surface area contributed by atoms with Gasteiger partial charge in [0.1, 0.15) is 0 Å². The SMILES string of the molecule is COc1cc(C(=O)NN=Cc2cn(C)c3ccccc23)cc(OC)c1OC. The van der Waals surface area contributed by atoms with E-state index in [0.29, 0.717) is 22.8 Å². The van der Waals surface area contributed by atoms with Crippen LogP contribution in [0.5, 0.6) is 17.2 Å². The molecule has 3 aromatic rings. The van der Waals surface area contributed by atoms with Crippen LogP contribution in [0.2, 0.25) is 0 Å². The topological polar surface area (TPSA) is 74.1 Å². The normalized spacial score (nSPS) is 11.0. The molecule has 1 amide bonds. The van der Waals surface area contributed by atoms with Gasteiger partial charge in [-0.05, 0) is 18.2 Å². The van der Waals surface area contributed by atoms with Crippen molar-refractivity contribution >= 4 is 23.0 Å². The van der Waals surface area contributed by atoms with Crippen molar-refractivity contribution < 1.29 is 19.0 Å². The van der Waals surface area contributed by atoms with Gasteiger partial charge in [0.25, 0.3) is 5.91 Å². The van der Waals surface area contributed by atoms with Crippen molar-refractivity contribution in [1.29, 1.82) is 0 Å². The average Bonchev–Trinajstić information content (AvgIpc) is 3.02. The highest BCUT2D eigenvalue weighted by atomic mass is 16.5. The Bertz CT molecular complexity index is 983. The number of amides is 1. The van der Waals surface area contributed by atoms with Crippen LogP contribution < -0.4 is 19.6 Å². The van der Waals surface area contributed by atoms with E-state index < -0.39 is 0 Å². The Hall–Kier alpha value is -3.48. The predicted octanol–water partition coefficient (Wildman–Crippen LogP) is 2.97. The van der Waals surface area contributed by atoms with Gasteiger partial charge in [-0.25, -0.2) is 5.43 Å². The summed E-state index contributed by atoms with van der Waals surface area (Å²) >= 11 is 0. The van der Waals surface area contributed by atoms with Crippen LogP contribution in [0.4, 0.5) is 0 Å². The van der Waals surface area contributed by atoms with Crippen molar-refractivity contribution in [2.75, 3.05) is 21.3 Å². The minimum atomic E-state index is -0.384. The van der Waals surface area contributed by atoms with Gasteiger partial charge in [0, 0.05) is 35.3 Å². The van der Waals surface area contributed by atoms with E-state index in [-0.39, 0.29) is 5.91 Å². The number of hydrogen-bond acceptors (Lipinski definition) is 5. The number of hydrogen-bond donors (Lipinski definition) is 1. The summed E-state index contributed by atoms with van der Waals surface area (Å²) in [5, 5.41) is 5.15. The van der Waals surface area contributed by atoms with Crippen molar-refractivity contribution in [3.05, 3.63) is 53.7 Å². The van der Waals surface area contributed by atoms with E-state index in [4.69, 9.17) is 14.2 Å². The molecule has 7 heteroatoms. The molecule has 7 nitrogen and oxygen atoms in total. The molecule has 0 unspecified atom stereocenters. The average molecular weight is 367 g/mol. The first-order valence-corrected chi connectivity index (χ1v) is 8.26. The Labute approximate surface area is 157 Å². The predicted molar refractivity (Wildman–Crippen MR) is 104 cm³/mol. The van der Waals surface area contributed by atoms with Crippen LogP contribution in [-0.2, 0) is 7.05 Å². The van der Waals surface area contributed by atoms with E-state index in [0.717, 1.165) is 16.5 Å². The molecule has 0 spiro atoms. The molecule has 140 valence electrons. The number of fused-ring (bicyclic) bond motifs is 1. The smallest absolute Gasteiger partial charge is 0.271 e. The summed E-state index contributed by atoms with van der Waals surface area (Å²) in [6.07, 6.45) is 3.58. The van der Waals surface area contributed by atoms with Gasteiger partial charge in [-0.3, -0.25) is 4.79 Å². The molecule has 0 atom stereocenters. The minimum Gasteiger partial charge on any atom is -0.493 e. The number of carbonyl (C=O) groups is 1. The molecular weight excluding hydrogens is 346 g/mol. The molecule has 0 aliphatic heterocycles. The lowest BCUT2D eigenvalue weighted by Crippen LogP contribution is -2.18. The number of carbonyl (C=O) groups excluding carboxylic acids is 1. The van der Waals surface area contributed by atoms with Crippen LogP contribution in [0, 0.1) is 0 Å². The van der Waals surface area contributed by atoms with Crippen LogP contribution in [-0.4, -0.2) is 38.0 Å². The molecule has 3 rings (SSSR count). The number of nitrogens with zero attached hydrogens (tertiary/aromatic N) is 2. The molecule has 0 saturated carbocycles. The zero-order valence-corrected chi connectivity index (χ0v) is 15.6. The summed E-state index contributed by atoms with van der Waals surface area (Å²) in [4.78, 5) is 12.5. The summed E-state index contributed by atoms with van der Waals surface area (Å²) < 4.78 is 17.8. The minimum absolute atomic E-state index is 0.347. The van der Waals surface area contributed by atoms with Crippen LogP contribution >= 0.6 is 0 Å². The fourth-order valence-electron chi connectivity index (χ4n) is 2.91. The maximum atomic E-state index is 12.5. The van der Waals surface area contributed by atoms with E-state index in [9.17, 15) is 4.79 Å². The zero-order valence-electron chi connectivity index (χ0n) is 15.6. The van der Waals surface area contributed by atoms with Crippen LogP contribution in [0.25, 0.3) is 10.9 Å². The molecule has 1 heterocycles. The maximum Gasteiger partial charge on any atom is 0.271 e. The van der Waals surface area contributed by atoms with Gasteiger partial charge < -0.3 is 18.8 Å². The number of methoxy groups -OCH3 is 3. The first-order chi connectivity index (χ1) is 13.1. The van der Waals surface area contributed by atoms with Crippen molar-refractivity contribution in [2.24, 2.45) is 12.1 Å². The van der Waals surface area contributed by atoms with Gasteiger partial charge in [-0.1, -0.05) is 18.2 Å². The largest absolute Gasteiger partial charge is 0.493 e. The summed E-state index contributed by atoms with van der Waals surface area (Å²) in [5.41, 5.74) is 4.89. The summed E-state index contributed by atoms with van der Waals surface area (Å²) in [7, 11) is 6.47. The number of hydrazone groups is 1. The third-order valence-corrected chi connectivity index (χ3v) is 4.22. The Kier molecular flexibility index (Phi) is 5.30. The zero-order chi connectivity index (χ0) is 19.4. The first-order valence-electron chi connectivity index (χ1n) is 8.26. The van der Waals surface area contributed by atoms with Gasteiger partial charge in [0.15, 0.2) is 11.5 Å². The van der Waals surface area contributed by atoms with Crippen LogP contribution in [0.1, 0.15) is 15.9 Å². The number of para-hydroxylation sites is 1. The molecule has 0 aliphatic carbocycles. The molecule has 0 saturated heterocycles. The quantitative estimate of drug-likeness (QED) is 0.537. The molecule has 0 radical (unpaired) electrons. The van der Waals surface area contributed by atoms with Crippen molar-refractivity contribution in [1.82, 2.24) is 9.99 Å². The monoisotopic (exact) mass is 367 g/mol. The second-order valence-corrected chi connectivity index (χ2v) is 5.83. The van der Waals surface area contributed by atoms with E-state index in [1.165, 1.54) is 21.3 Å².